The number of rotatable bonds is 8. The van der Waals surface area contributed by atoms with E-state index in [1.807, 2.05) is 30.3 Å². The number of pyridine rings is 1. The summed E-state index contributed by atoms with van der Waals surface area (Å²) in [6, 6.07) is 24.1. The average Bonchev–Trinajstić information content (AvgIpc) is 2.92. The van der Waals surface area contributed by atoms with Crippen molar-refractivity contribution in [3.8, 4) is 22.8 Å². The van der Waals surface area contributed by atoms with Crippen molar-refractivity contribution >= 4 is 30.0 Å². The van der Waals surface area contributed by atoms with Gasteiger partial charge in [-0.15, -0.1) is 12.4 Å². The molecule has 0 amide bonds. The number of nitrogens with one attached hydrogen (secondary N) is 1. The van der Waals surface area contributed by atoms with E-state index in [1.54, 1.807) is 42.6 Å². The first kappa shape index (κ1) is 27.6. The van der Waals surface area contributed by atoms with Crippen molar-refractivity contribution in [1.29, 1.82) is 0 Å². The van der Waals surface area contributed by atoms with Gasteiger partial charge in [0.25, 0.3) is 0 Å². The summed E-state index contributed by atoms with van der Waals surface area (Å²) >= 11 is 6.05. The molecular weight excluding hydrogens is 523 g/mol. The zero-order valence-corrected chi connectivity index (χ0v) is 22.1. The van der Waals surface area contributed by atoms with Gasteiger partial charge in [-0.1, -0.05) is 41.9 Å². The molecule has 0 radical (unpaired) electrons. The highest BCUT2D eigenvalue weighted by molar-refractivity contribution is 6.30. The Hall–Kier alpha value is -3.42. The molecule has 0 fully saturated rings. The Morgan fingerprint density at radius 2 is 1.87 bits per heavy atom. The van der Waals surface area contributed by atoms with E-state index in [0.29, 0.717) is 23.2 Å². The minimum absolute atomic E-state index is 0. The van der Waals surface area contributed by atoms with Crippen LogP contribution in [0.2, 0.25) is 5.02 Å². The summed E-state index contributed by atoms with van der Waals surface area (Å²) in [4.78, 5) is 15.7. The summed E-state index contributed by atoms with van der Waals surface area (Å²) < 4.78 is 6.02. The number of hydrogen-bond acceptors (Lipinski definition) is 5. The van der Waals surface area contributed by atoms with E-state index in [4.69, 9.17) is 16.3 Å². The number of fused-ring (bicyclic) bond motifs is 1. The highest BCUT2D eigenvalue weighted by Gasteiger charge is 2.20. The van der Waals surface area contributed by atoms with Crippen LogP contribution in [0, 0.1) is 0 Å². The van der Waals surface area contributed by atoms with Crippen LogP contribution in [0.4, 0.5) is 0 Å². The van der Waals surface area contributed by atoms with Gasteiger partial charge < -0.3 is 20.3 Å². The van der Waals surface area contributed by atoms with Crippen LogP contribution >= 0.6 is 24.0 Å². The fourth-order valence-electron chi connectivity index (χ4n) is 4.65. The Labute approximate surface area is 232 Å². The molecule has 0 aliphatic heterocycles. The summed E-state index contributed by atoms with van der Waals surface area (Å²) in [5.74, 6) is 0.219. The second-order valence-corrected chi connectivity index (χ2v) is 9.66. The largest absolute Gasteiger partial charge is 0.478 e. The van der Waals surface area contributed by atoms with Crippen LogP contribution in [-0.4, -0.2) is 33.8 Å². The minimum atomic E-state index is -0.961. The molecule has 1 heterocycles. The maximum atomic E-state index is 11.2. The van der Waals surface area contributed by atoms with Crippen molar-refractivity contribution in [1.82, 2.24) is 10.3 Å². The van der Waals surface area contributed by atoms with E-state index in [1.165, 1.54) is 11.1 Å². The van der Waals surface area contributed by atoms with Crippen molar-refractivity contribution in [2.75, 3.05) is 6.54 Å². The van der Waals surface area contributed by atoms with Gasteiger partial charge in [0.2, 0.25) is 5.88 Å². The molecule has 196 valence electrons. The summed E-state index contributed by atoms with van der Waals surface area (Å²) in [6.45, 7) is 0.460. The Bertz CT molecular complexity index is 1410. The van der Waals surface area contributed by atoms with Crippen molar-refractivity contribution in [3.63, 3.8) is 0 Å². The van der Waals surface area contributed by atoms with E-state index in [9.17, 15) is 15.0 Å². The fourth-order valence-corrected chi connectivity index (χ4v) is 4.84. The van der Waals surface area contributed by atoms with Gasteiger partial charge >= 0.3 is 5.97 Å². The predicted octanol–water partition coefficient (Wildman–Crippen LogP) is 6.49. The molecule has 2 atom stereocenters. The number of aromatic carboxylic acids is 1. The molecule has 1 aliphatic carbocycles. The Morgan fingerprint density at radius 3 is 2.63 bits per heavy atom. The summed E-state index contributed by atoms with van der Waals surface area (Å²) in [5, 5.41) is 23.9. The number of nitrogens with zero attached hydrogens (tertiary/aromatic N) is 1. The zero-order valence-electron chi connectivity index (χ0n) is 20.5. The highest BCUT2D eigenvalue weighted by atomic mass is 35.5. The van der Waals surface area contributed by atoms with E-state index in [-0.39, 0.29) is 24.0 Å². The molecule has 3 N–H and O–H groups in total. The first-order chi connectivity index (χ1) is 17.9. The van der Waals surface area contributed by atoms with Gasteiger partial charge in [0.1, 0.15) is 5.75 Å². The van der Waals surface area contributed by atoms with Crippen LogP contribution in [0.1, 0.15) is 39.6 Å². The lowest BCUT2D eigenvalue weighted by Gasteiger charge is -2.27. The van der Waals surface area contributed by atoms with Crippen molar-refractivity contribution < 1.29 is 19.7 Å². The highest BCUT2D eigenvalue weighted by Crippen LogP contribution is 2.29. The second kappa shape index (κ2) is 12.4. The molecule has 8 heteroatoms. The third-order valence-corrected chi connectivity index (χ3v) is 6.88. The monoisotopic (exact) mass is 550 g/mol. The van der Waals surface area contributed by atoms with Gasteiger partial charge in [0.05, 0.1) is 11.7 Å². The van der Waals surface area contributed by atoms with Crippen LogP contribution in [0.25, 0.3) is 11.1 Å². The quantitative estimate of drug-likeness (QED) is 0.232. The summed E-state index contributed by atoms with van der Waals surface area (Å²) in [6.07, 6.45) is 3.88. The molecule has 0 spiro atoms. The first-order valence-corrected chi connectivity index (χ1v) is 12.6. The third kappa shape index (κ3) is 6.71. The number of halogens is 2. The molecule has 5 rings (SSSR count). The number of carboxylic acid groups (broad SMARTS) is 1. The van der Waals surface area contributed by atoms with Gasteiger partial charge in [-0.2, -0.15) is 0 Å². The molecule has 0 saturated heterocycles. The SMILES string of the molecule is Cl.O=C(O)c1cccc(-c2ccc(Oc3ccc4c(c3)C[C@@H](NC[C@H](O)c3cccc(Cl)c3)CC4)nc2)c1. The molecule has 0 bridgehead atoms. The van der Waals surface area contributed by atoms with E-state index in [0.717, 1.165) is 36.0 Å². The van der Waals surface area contributed by atoms with Crippen LogP contribution in [-0.2, 0) is 12.8 Å². The van der Waals surface area contributed by atoms with Crippen LogP contribution in [0.3, 0.4) is 0 Å². The number of ether oxygens (including phenoxy) is 1. The van der Waals surface area contributed by atoms with Crippen LogP contribution in [0.5, 0.6) is 11.6 Å². The van der Waals surface area contributed by atoms with Crippen molar-refractivity contribution in [2.24, 2.45) is 0 Å². The standard InChI is InChI=1S/C30H27ClN2O4.ClH/c31-25-6-2-4-21(14-25)28(34)18-32-26-10-7-19-8-11-27(16-24(19)15-26)37-29-12-9-23(17-33-29)20-3-1-5-22(13-20)30(35)36;/h1-6,8-9,11-14,16-17,26,28,32,34H,7,10,15,18H2,(H,35,36);1H/t26-,28-;/m0./s1. The van der Waals surface area contributed by atoms with Crippen molar-refractivity contribution in [3.05, 3.63) is 112 Å². The molecule has 1 aromatic heterocycles. The van der Waals surface area contributed by atoms with Gasteiger partial charge in [-0.3, -0.25) is 0 Å². The number of benzene rings is 3. The Morgan fingerprint density at radius 1 is 1.03 bits per heavy atom. The molecule has 0 saturated carbocycles. The van der Waals surface area contributed by atoms with Gasteiger partial charge in [-0.05, 0) is 84.0 Å². The van der Waals surface area contributed by atoms with Crippen LogP contribution < -0.4 is 10.1 Å². The Balaban J connectivity index is 0.00000336. The maximum absolute atomic E-state index is 11.2. The summed E-state index contributed by atoms with van der Waals surface area (Å²) in [7, 11) is 0. The fraction of sp³-hybridized carbons (Fsp3) is 0.200. The topological polar surface area (TPSA) is 91.7 Å². The number of hydrogen-bond donors (Lipinski definition) is 3. The number of carboxylic acids is 1. The average molecular weight is 551 g/mol. The van der Waals surface area contributed by atoms with E-state index >= 15 is 0 Å². The van der Waals surface area contributed by atoms with Crippen molar-refractivity contribution in [2.45, 2.75) is 31.4 Å². The lowest BCUT2D eigenvalue weighted by atomic mass is 9.88. The maximum Gasteiger partial charge on any atom is 0.335 e. The van der Waals surface area contributed by atoms with E-state index in [2.05, 4.69) is 22.4 Å². The van der Waals surface area contributed by atoms with Gasteiger partial charge in [0, 0.05) is 35.4 Å². The zero-order chi connectivity index (χ0) is 25.8. The third-order valence-electron chi connectivity index (χ3n) is 6.64. The number of aliphatic hydroxyl groups is 1. The van der Waals surface area contributed by atoms with Gasteiger partial charge in [-0.25, -0.2) is 9.78 Å². The first-order valence-electron chi connectivity index (χ1n) is 12.2. The number of aryl methyl sites for hydroxylation is 1. The molecule has 6 nitrogen and oxygen atoms in total. The normalized spacial score (nSPS) is 15.2. The number of aliphatic hydroxyl groups excluding tert-OH is 1. The number of aromatic nitrogens is 1. The molecule has 1 aliphatic rings. The minimum Gasteiger partial charge on any atom is -0.478 e. The lowest BCUT2D eigenvalue weighted by molar-refractivity contribution is 0.0697. The smallest absolute Gasteiger partial charge is 0.335 e. The molecular formula is C30H28Cl2N2O4. The predicted molar refractivity (Wildman–Crippen MR) is 151 cm³/mol. The van der Waals surface area contributed by atoms with Gasteiger partial charge in [0.15, 0.2) is 0 Å². The van der Waals surface area contributed by atoms with Crippen LogP contribution in [0.15, 0.2) is 85.1 Å². The number of carbonyl (C=O) groups is 1. The lowest BCUT2D eigenvalue weighted by Crippen LogP contribution is -2.37. The molecule has 3 aromatic carbocycles. The molecule has 38 heavy (non-hydrogen) atoms. The summed E-state index contributed by atoms with van der Waals surface area (Å²) in [5.41, 5.74) is 5.17. The second-order valence-electron chi connectivity index (χ2n) is 9.22. The molecule has 4 aromatic rings. The Kier molecular flexibility index (Phi) is 9.02. The molecule has 0 unspecified atom stereocenters. The van der Waals surface area contributed by atoms with E-state index < -0.39 is 12.1 Å².